The number of carbonyl (C=O) groups is 3. The van der Waals surface area contributed by atoms with Gasteiger partial charge in [0, 0.05) is 6.54 Å². The van der Waals surface area contributed by atoms with E-state index in [1.807, 2.05) is 13.8 Å². The van der Waals surface area contributed by atoms with Crippen LogP contribution in [0.25, 0.3) is 0 Å². The van der Waals surface area contributed by atoms with Gasteiger partial charge < -0.3 is 15.0 Å². The Balaban J connectivity index is 2.49. The molecule has 0 bridgehead atoms. The Labute approximate surface area is 107 Å². The molecule has 0 saturated carbocycles. The Hall–Kier alpha value is -1.43. The van der Waals surface area contributed by atoms with Crippen molar-refractivity contribution in [2.24, 2.45) is 5.92 Å². The highest BCUT2D eigenvalue weighted by Crippen LogP contribution is 2.03. The molecule has 1 aliphatic rings. The molecule has 0 aromatic carbocycles. The molecule has 0 aliphatic carbocycles. The minimum absolute atomic E-state index is 0.0152. The number of morpholine rings is 1. The Morgan fingerprint density at radius 3 is 2.61 bits per heavy atom. The van der Waals surface area contributed by atoms with Crippen LogP contribution in [-0.2, 0) is 19.1 Å². The Morgan fingerprint density at radius 1 is 1.44 bits per heavy atom. The van der Waals surface area contributed by atoms with Gasteiger partial charge in [-0.2, -0.15) is 0 Å². The molecule has 1 aliphatic heterocycles. The standard InChI is InChI=1S/C12H20N2O4/c1-8(2)12(9(3)15)13-10(16)6-14-4-5-18-7-11(14)17/h8,12H,4-7H2,1-3H3,(H,13,16). The van der Waals surface area contributed by atoms with Crippen molar-refractivity contribution in [2.45, 2.75) is 26.8 Å². The van der Waals surface area contributed by atoms with Gasteiger partial charge in [0.25, 0.3) is 0 Å². The summed E-state index contributed by atoms with van der Waals surface area (Å²) in [5, 5.41) is 2.66. The fraction of sp³-hybridized carbons (Fsp3) is 0.750. The highest BCUT2D eigenvalue weighted by atomic mass is 16.5. The molecule has 0 radical (unpaired) electrons. The number of ketones is 1. The van der Waals surface area contributed by atoms with Crippen LogP contribution in [-0.4, -0.2) is 54.8 Å². The summed E-state index contributed by atoms with van der Waals surface area (Å²) in [5.74, 6) is -0.544. The lowest BCUT2D eigenvalue weighted by Crippen LogP contribution is -2.51. The zero-order valence-corrected chi connectivity index (χ0v) is 11.1. The second-order valence-corrected chi connectivity index (χ2v) is 4.77. The lowest BCUT2D eigenvalue weighted by atomic mass is 10.0. The summed E-state index contributed by atoms with van der Waals surface area (Å²) in [5.41, 5.74) is 0. The van der Waals surface area contributed by atoms with E-state index in [-0.39, 0.29) is 36.7 Å². The zero-order valence-electron chi connectivity index (χ0n) is 11.1. The fourth-order valence-corrected chi connectivity index (χ4v) is 1.85. The van der Waals surface area contributed by atoms with Crippen molar-refractivity contribution in [3.63, 3.8) is 0 Å². The van der Waals surface area contributed by atoms with Crippen molar-refractivity contribution >= 4 is 17.6 Å². The SMILES string of the molecule is CC(=O)C(NC(=O)CN1CCOCC1=O)C(C)C. The molecule has 1 heterocycles. The number of hydrogen-bond acceptors (Lipinski definition) is 4. The highest BCUT2D eigenvalue weighted by Gasteiger charge is 2.24. The van der Waals surface area contributed by atoms with E-state index >= 15 is 0 Å². The number of carbonyl (C=O) groups excluding carboxylic acids is 3. The van der Waals surface area contributed by atoms with E-state index in [2.05, 4.69) is 5.32 Å². The number of nitrogens with one attached hydrogen (secondary N) is 1. The molecule has 1 N–H and O–H groups in total. The monoisotopic (exact) mass is 256 g/mol. The van der Waals surface area contributed by atoms with Crippen LogP contribution in [0, 0.1) is 5.92 Å². The van der Waals surface area contributed by atoms with Gasteiger partial charge in [-0.25, -0.2) is 0 Å². The van der Waals surface area contributed by atoms with Gasteiger partial charge in [0.2, 0.25) is 11.8 Å². The molecule has 18 heavy (non-hydrogen) atoms. The van der Waals surface area contributed by atoms with E-state index in [0.717, 1.165) is 0 Å². The molecule has 0 spiro atoms. The summed E-state index contributed by atoms with van der Waals surface area (Å²) in [6.07, 6.45) is 0. The van der Waals surface area contributed by atoms with Gasteiger partial charge in [-0.05, 0) is 12.8 Å². The highest BCUT2D eigenvalue weighted by molar-refractivity contribution is 5.90. The van der Waals surface area contributed by atoms with Gasteiger partial charge in [-0.3, -0.25) is 14.4 Å². The summed E-state index contributed by atoms with van der Waals surface area (Å²) in [7, 11) is 0. The Kier molecular flexibility index (Phi) is 5.27. The first kappa shape index (κ1) is 14.6. The first-order chi connectivity index (χ1) is 8.41. The quantitative estimate of drug-likeness (QED) is 0.724. The third kappa shape index (κ3) is 4.10. The Morgan fingerprint density at radius 2 is 2.11 bits per heavy atom. The molecule has 0 aromatic heterocycles. The second-order valence-electron chi connectivity index (χ2n) is 4.77. The van der Waals surface area contributed by atoms with Crippen molar-refractivity contribution in [1.29, 1.82) is 0 Å². The lowest BCUT2D eigenvalue weighted by Gasteiger charge is -2.27. The van der Waals surface area contributed by atoms with Gasteiger partial charge in [0.05, 0.1) is 19.2 Å². The molecule has 2 amide bonds. The average molecular weight is 256 g/mol. The Bertz CT molecular complexity index is 341. The predicted octanol–water partition coefficient (Wildman–Crippen LogP) is -0.425. The van der Waals surface area contributed by atoms with Crippen LogP contribution >= 0.6 is 0 Å². The molecule has 6 heteroatoms. The summed E-state index contributed by atoms with van der Waals surface area (Å²) in [4.78, 5) is 36.0. The first-order valence-corrected chi connectivity index (χ1v) is 6.07. The van der Waals surface area contributed by atoms with Crippen LogP contribution in [0.4, 0.5) is 0 Å². The van der Waals surface area contributed by atoms with E-state index in [4.69, 9.17) is 4.74 Å². The molecular formula is C12H20N2O4. The molecule has 102 valence electrons. The van der Waals surface area contributed by atoms with Gasteiger partial charge in [-0.1, -0.05) is 13.8 Å². The molecule has 1 saturated heterocycles. The van der Waals surface area contributed by atoms with E-state index < -0.39 is 6.04 Å². The maximum Gasteiger partial charge on any atom is 0.249 e. The minimum atomic E-state index is -0.492. The van der Waals surface area contributed by atoms with Crippen molar-refractivity contribution < 1.29 is 19.1 Å². The first-order valence-electron chi connectivity index (χ1n) is 6.07. The minimum Gasteiger partial charge on any atom is -0.370 e. The third-order valence-electron chi connectivity index (χ3n) is 2.84. The van der Waals surface area contributed by atoms with Crippen LogP contribution in [0.5, 0.6) is 0 Å². The molecule has 1 rings (SSSR count). The number of nitrogens with zero attached hydrogens (tertiary/aromatic N) is 1. The lowest BCUT2D eigenvalue weighted by molar-refractivity contribution is -0.146. The number of hydrogen-bond donors (Lipinski definition) is 1. The molecular weight excluding hydrogens is 236 g/mol. The van der Waals surface area contributed by atoms with Gasteiger partial charge in [-0.15, -0.1) is 0 Å². The van der Waals surface area contributed by atoms with Crippen molar-refractivity contribution in [3.8, 4) is 0 Å². The van der Waals surface area contributed by atoms with Crippen LogP contribution < -0.4 is 5.32 Å². The van der Waals surface area contributed by atoms with Crippen molar-refractivity contribution in [2.75, 3.05) is 26.3 Å². The van der Waals surface area contributed by atoms with Crippen molar-refractivity contribution in [1.82, 2.24) is 10.2 Å². The van der Waals surface area contributed by atoms with Crippen molar-refractivity contribution in [3.05, 3.63) is 0 Å². The van der Waals surface area contributed by atoms with Crippen LogP contribution in [0.2, 0.25) is 0 Å². The van der Waals surface area contributed by atoms with Crippen LogP contribution in [0.15, 0.2) is 0 Å². The summed E-state index contributed by atoms with van der Waals surface area (Å²) >= 11 is 0. The van der Waals surface area contributed by atoms with E-state index in [0.29, 0.717) is 13.2 Å². The maximum atomic E-state index is 11.8. The zero-order chi connectivity index (χ0) is 13.7. The largest absolute Gasteiger partial charge is 0.370 e. The van der Waals surface area contributed by atoms with E-state index in [9.17, 15) is 14.4 Å². The molecule has 1 atom stereocenters. The van der Waals surface area contributed by atoms with E-state index in [1.165, 1.54) is 11.8 Å². The third-order valence-corrected chi connectivity index (χ3v) is 2.84. The van der Waals surface area contributed by atoms with Crippen LogP contribution in [0.1, 0.15) is 20.8 Å². The topological polar surface area (TPSA) is 75.7 Å². The summed E-state index contributed by atoms with van der Waals surface area (Å²) < 4.78 is 4.97. The van der Waals surface area contributed by atoms with Gasteiger partial charge >= 0.3 is 0 Å². The number of Topliss-reactive ketones (excluding diaryl/α,β-unsaturated/α-hetero) is 1. The van der Waals surface area contributed by atoms with Gasteiger partial charge in [0.1, 0.15) is 6.61 Å². The van der Waals surface area contributed by atoms with E-state index in [1.54, 1.807) is 0 Å². The maximum absolute atomic E-state index is 11.8. The normalized spacial score (nSPS) is 17.8. The molecule has 1 unspecified atom stereocenters. The number of rotatable bonds is 5. The summed E-state index contributed by atoms with van der Waals surface area (Å²) in [6, 6.07) is -0.492. The smallest absolute Gasteiger partial charge is 0.249 e. The predicted molar refractivity (Wildman–Crippen MR) is 64.8 cm³/mol. The molecule has 0 aromatic rings. The molecule has 6 nitrogen and oxygen atoms in total. The van der Waals surface area contributed by atoms with Crippen LogP contribution in [0.3, 0.4) is 0 Å². The number of ether oxygens (including phenoxy) is 1. The molecule has 1 fully saturated rings. The second kappa shape index (κ2) is 6.49. The average Bonchev–Trinajstić information content (AvgIpc) is 2.28. The number of amides is 2. The van der Waals surface area contributed by atoms with Gasteiger partial charge in [0.15, 0.2) is 5.78 Å². The summed E-state index contributed by atoms with van der Waals surface area (Å²) in [6.45, 7) is 6.05. The fourth-order valence-electron chi connectivity index (χ4n) is 1.85.